The first-order chi connectivity index (χ1) is 12.4. The monoisotopic (exact) mass is 359 g/mol. The Morgan fingerprint density at radius 2 is 1.73 bits per heavy atom. The van der Waals surface area contributed by atoms with Gasteiger partial charge in [0.1, 0.15) is 24.2 Å². The highest BCUT2D eigenvalue weighted by Gasteiger charge is 2.38. The van der Waals surface area contributed by atoms with Crippen LogP contribution in [0.15, 0.2) is 48.5 Å². The molecule has 0 radical (unpaired) electrons. The molecule has 2 aromatic carbocycles. The van der Waals surface area contributed by atoms with Gasteiger partial charge in [-0.2, -0.15) is 0 Å². The van der Waals surface area contributed by atoms with Crippen molar-refractivity contribution in [2.75, 3.05) is 11.9 Å². The molecule has 8 heteroatoms. The van der Waals surface area contributed by atoms with Crippen molar-refractivity contribution in [1.82, 2.24) is 10.2 Å². The number of nitrogens with zero attached hydrogens (tertiary/aromatic N) is 1. The van der Waals surface area contributed by atoms with Gasteiger partial charge in [-0.3, -0.25) is 14.5 Å². The first-order valence-electron chi connectivity index (χ1n) is 7.84. The number of halogens is 2. The third kappa shape index (κ3) is 4.02. The van der Waals surface area contributed by atoms with E-state index < -0.39 is 42.1 Å². The summed E-state index contributed by atoms with van der Waals surface area (Å²) in [5.74, 6) is -2.96. The average molecular weight is 359 g/mol. The second-order valence-corrected chi connectivity index (χ2v) is 5.82. The van der Waals surface area contributed by atoms with Gasteiger partial charge in [0.05, 0.1) is 0 Å². The summed E-state index contributed by atoms with van der Waals surface area (Å²) in [4.78, 5) is 37.1. The number of urea groups is 1. The van der Waals surface area contributed by atoms with Crippen LogP contribution in [-0.2, 0) is 16.0 Å². The largest absolute Gasteiger partial charge is 0.325 e. The number of benzene rings is 2. The maximum Gasteiger partial charge on any atom is 0.325 e. The molecule has 4 amide bonds. The van der Waals surface area contributed by atoms with E-state index in [4.69, 9.17) is 0 Å². The third-order valence-corrected chi connectivity index (χ3v) is 3.84. The summed E-state index contributed by atoms with van der Waals surface area (Å²) in [6.07, 6.45) is 0.304. The average Bonchev–Trinajstić information content (AvgIpc) is 2.82. The van der Waals surface area contributed by atoms with Gasteiger partial charge in [0.25, 0.3) is 5.91 Å². The van der Waals surface area contributed by atoms with Gasteiger partial charge in [0, 0.05) is 18.2 Å². The molecule has 1 heterocycles. The van der Waals surface area contributed by atoms with E-state index in [2.05, 4.69) is 10.6 Å². The lowest BCUT2D eigenvalue weighted by Crippen LogP contribution is -2.38. The van der Waals surface area contributed by atoms with Crippen molar-refractivity contribution in [2.45, 2.75) is 12.5 Å². The predicted octanol–water partition coefficient (Wildman–Crippen LogP) is 2.07. The van der Waals surface area contributed by atoms with Crippen LogP contribution >= 0.6 is 0 Å². The zero-order valence-corrected chi connectivity index (χ0v) is 13.5. The summed E-state index contributed by atoms with van der Waals surface area (Å²) in [5, 5.41) is 4.79. The summed E-state index contributed by atoms with van der Waals surface area (Å²) in [7, 11) is 0. The molecule has 1 saturated heterocycles. The Balaban J connectivity index is 1.63. The molecule has 3 rings (SSSR count). The Labute approximate surface area is 147 Å². The summed E-state index contributed by atoms with van der Waals surface area (Å²) in [6, 6.07) is 10.2. The van der Waals surface area contributed by atoms with Gasteiger partial charge < -0.3 is 10.6 Å². The number of nitrogens with one attached hydrogen (secondary N) is 2. The van der Waals surface area contributed by atoms with Crippen LogP contribution < -0.4 is 10.6 Å². The lowest BCUT2D eigenvalue weighted by atomic mass is 10.1. The minimum atomic E-state index is -0.849. The van der Waals surface area contributed by atoms with E-state index in [1.54, 1.807) is 0 Å². The van der Waals surface area contributed by atoms with Crippen LogP contribution in [0, 0.1) is 11.6 Å². The molecule has 134 valence electrons. The molecule has 0 saturated carbocycles. The molecule has 1 unspecified atom stereocenters. The molecular formula is C18H15F2N3O3. The summed E-state index contributed by atoms with van der Waals surface area (Å²) in [6.45, 7) is -0.548. The Morgan fingerprint density at radius 3 is 2.38 bits per heavy atom. The van der Waals surface area contributed by atoms with Gasteiger partial charge in [-0.15, -0.1) is 0 Å². The van der Waals surface area contributed by atoms with E-state index >= 15 is 0 Å². The lowest BCUT2D eigenvalue weighted by molar-refractivity contribution is -0.130. The molecule has 2 N–H and O–H groups in total. The van der Waals surface area contributed by atoms with E-state index in [9.17, 15) is 23.2 Å². The molecule has 1 aliphatic heterocycles. The highest BCUT2D eigenvalue weighted by atomic mass is 19.1. The zero-order chi connectivity index (χ0) is 18.7. The molecule has 0 spiro atoms. The molecule has 1 atom stereocenters. The minimum absolute atomic E-state index is 0.0969. The molecule has 0 aromatic heterocycles. The van der Waals surface area contributed by atoms with Gasteiger partial charge in [0.2, 0.25) is 5.91 Å². The second kappa shape index (κ2) is 7.30. The smallest absolute Gasteiger partial charge is 0.325 e. The quantitative estimate of drug-likeness (QED) is 0.802. The van der Waals surface area contributed by atoms with Gasteiger partial charge in [0.15, 0.2) is 0 Å². The van der Waals surface area contributed by atoms with Crippen LogP contribution in [0.2, 0.25) is 0 Å². The number of hydrogen-bond acceptors (Lipinski definition) is 3. The fourth-order valence-corrected chi connectivity index (χ4v) is 2.68. The van der Waals surface area contributed by atoms with Crippen molar-refractivity contribution in [3.63, 3.8) is 0 Å². The van der Waals surface area contributed by atoms with Crippen LogP contribution in [-0.4, -0.2) is 35.3 Å². The van der Waals surface area contributed by atoms with Crippen LogP contribution in [0.25, 0.3) is 0 Å². The normalized spacial score (nSPS) is 16.5. The highest BCUT2D eigenvalue weighted by molar-refractivity contribution is 6.08. The van der Waals surface area contributed by atoms with Crippen molar-refractivity contribution in [1.29, 1.82) is 0 Å². The number of imide groups is 1. The van der Waals surface area contributed by atoms with E-state index in [1.807, 2.05) is 30.3 Å². The van der Waals surface area contributed by atoms with Crippen molar-refractivity contribution < 1.29 is 23.2 Å². The molecule has 0 aliphatic carbocycles. The minimum Gasteiger partial charge on any atom is -0.325 e. The summed E-state index contributed by atoms with van der Waals surface area (Å²) in [5.41, 5.74) is 0.771. The van der Waals surface area contributed by atoms with E-state index in [0.717, 1.165) is 22.6 Å². The SMILES string of the molecule is O=C(CN1C(=O)NC(Cc2ccccc2)C1=O)Nc1cc(F)cc(F)c1. The summed E-state index contributed by atoms with van der Waals surface area (Å²) >= 11 is 0. The number of rotatable bonds is 5. The first-order valence-corrected chi connectivity index (χ1v) is 7.84. The highest BCUT2D eigenvalue weighted by Crippen LogP contribution is 2.15. The predicted molar refractivity (Wildman–Crippen MR) is 89.2 cm³/mol. The number of hydrogen-bond donors (Lipinski definition) is 2. The van der Waals surface area contributed by atoms with Crippen molar-refractivity contribution in [3.05, 3.63) is 65.7 Å². The van der Waals surface area contributed by atoms with Gasteiger partial charge in [-0.1, -0.05) is 30.3 Å². The standard InChI is InChI=1S/C18H15F2N3O3/c19-12-7-13(20)9-14(8-12)21-16(24)10-23-17(25)15(22-18(23)26)6-11-4-2-1-3-5-11/h1-5,7-9,15H,6,10H2,(H,21,24)(H,22,26). The van der Waals surface area contributed by atoms with Crippen molar-refractivity contribution >= 4 is 23.5 Å². The van der Waals surface area contributed by atoms with E-state index in [1.165, 1.54) is 0 Å². The van der Waals surface area contributed by atoms with Crippen LogP contribution in [0.5, 0.6) is 0 Å². The number of carbonyl (C=O) groups is 3. The first kappa shape index (κ1) is 17.5. The van der Waals surface area contributed by atoms with Crippen molar-refractivity contribution in [2.24, 2.45) is 0 Å². The Morgan fingerprint density at radius 1 is 1.08 bits per heavy atom. The van der Waals surface area contributed by atoms with Crippen molar-refractivity contribution in [3.8, 4) is 0 Å². The molecule has 1 fully saturated rings. The topological polar surface area (TPSA) is 78.5 Å². The van der Waals surface area contributed by atoms with E-state index in [-0.39, 0.29) is 5.69 Å². The lowest BCUT2D eigenvalue weighted by Gasteiger charge is -2.13. The van der Waals surface area contributed by atoms with Gasteiger partial charge in [-0.25, -0.2) is 13.6 Å². The Kier molecular flexibility index (Phi) is 4.92. The fraction of sp³-hybridized carbons (Fsp3) is 0.167. The number of amides is 4. The summed E-state index contributed by atoms with van der Waals surface area (Å²) < 4.78 is 26.3. The number of anilines is 1. The maximum absolute atomic E-state index is 13.1. The van der Waals surface area contributed by atoms with Crippen LogP contribution in [0.3, 0.4) is 0 Å². The molecule has 0 bridgehead atoms. The molecule has 26 heavy (non-hydrogen) atoms. The Hall–Kier alpha value is -3.29. The van der Waals surface area contributed by atoms with E-state index in [0.29, 0.717) is 12.5 Å². The third-order valence-electron chi connectivity index (χ3n) is 3.84. The van der Waals surface area contributed by atoms with Crippen LogP contribution in [0.4, 0.5) is 19.3 Å². The zero-order valence-electron chi connectivity index (χ0n) is 13.5. The van der Waals surface area contributed by atoms with Gasteiger partial charge in [-0.05, 0) is 17.7 Å². The molecular weight excluding hydrogens is 344 g/mol. The maximum atomic E-state index is 13.1. The fourth-order valence-electron chi connectivity index (χ4n) is 2.68. The number of carbonyl (C=O) groups excluding carboxylic acids is 3. The molecule has 2 aromatic rings. The van der Waals surface area contributed by atoms with Crippen LogP contribution in [0.1, 0.15) is 5.56 Å². The molecule has 6 nitrogen and oxygen atoms in total. The second-order valence-electron chi connectivity index (χ2n) is 5.82. The van der Waals surface area contributed by atoms with Gasteiger partial charge >= 0.3 is 6.03 Å². The molecule has 1 aliphatic rings. The Bertz CT molecular complexity index is 838.